The minimum atomic E-state index is -0.278. The van der Waals surface area contributed by atoms with E-state index in [1.165, 1.54) is 11.3 Å². The van der Waals surface area contributed by atoms with Crippen molar-refractivity contribution in [2.24, 2.45) is 0 Å². The zero-order chi connectivity index (χ0) is 12.5. The first-order chi connectivity index (χ1) is 8.77. The van der Waals surface area contributed by atoms with Crippen LogP contribution in [-0.2, 0) is 6.42 Å². The maximum atomic E-state index is 10.0. The Labute approximate surface area is 107 Å². The molecule has 2 aromatic heterocycles. The number of aliphatic hydroxyl groups is 1. The number of hydrogen-bond acceptors (Lipinski definition) is 2. The van der Waals surface area contributed by atoms with Crippen LogP contribution >= 0.6 is 0 Å². The SMILES string of the molecule is CC(c1ccncc1)n1ccc2c1CCCC2O. The summed E-state index contributed by atoms with van der Waals surface area (Å²) in [6, 6.07) is 6.46. The first kappa shape index (κ1) is 11.5. The van der Waals surface area contributed by atoms with Crippen LogP contribution in [0.2, 0.25) is 0 Å². The zero-order valence-electron chi connectivity index (χ0n) is 10.6. The summed E-state index contributed by atoms with van der Waals surface area (Å²) in [5, 5.41) is 10.0. The lowest BCUT2D eigenvalue weighted by atomic mass is 9.95. The summed E-state index contributed by atoms with van der Waals surface area (Å²) in [5.41, 5.74) is 3.66. The normalized spacial score (nSPS) is 20.4. The topological polar surface area (TPSA) is 38.0 Å². The van der Waals surface area contributed by atoms with Crippen LogP contribution in [0.25, 0.3) is 0 Å². The van der Waals surface area contributed by atoms with Gasteiger partial charge in [0, 0.05) is 29.8 Å². The fourth-order valence-electron chi connectivity index (χ4n) is 2.86. The summed E-state index contributed by atoms with van der Waals surface area (Å²) in [7, 11) is 0. The molecule has 2 heterocycles. The molecule has 3 heteroatoms. The van der Waals surface area contributed by atoms with E-state index in [0.717, 1.165) is 24.8 Å². The Hall–Kier alpha value is -1.61. The molecule has 2 aromatic rings. The molecule has 0 bridgehead atoms. The fraction of sp³-hybridized carbons (Fsp3) is 0.400. The number of nitrogens with zero attached hydrogens (tertiary/aromatic N) is 2. The summed E-state index contributed by atoms with van der Waals surface area (Å²) >= 11 is 0. The maximum Gasteiger partial charge on any atom is 0.0807 e. The highest BCUT2D eigenvalue weighted by atomic mass is 16.3. The van der Waals surface area contributed by atoms with E-state index >= 15 is 0 Å². The van der Waals surface area contributed by atoms with E-state index < -0.39 is 0 Å². The van der Waals surface area contributed by atoms with Crippen molar-refractivity contribution in [3.63, 3.8) is 0 Å². The Morgan fingerprint density at radius 3 is 2.89 bits per heavy atom. The van der Waals surface area contributed by atoms with Gasteiger partial charge in [0.25, 0.3) is 0 Å². The Bertz CT molecular complexity index is 533. The molecule has 0 saturated heterocycles. The van der Waals surface area contributed by atoms with Crippen molar-refractivity contribution in [1.29, 1.82) is 0 Å². The monoisotopic (exact) mass is 242 g/mol. The van der Waals surface area contributed by atoms with Crippen LogP contribution in [0.4, 0.5) is 0 Å². The van der Waals surface area contributed by atoms with Crippen molar-refractivity contribution in [3.05, 3.63) is 53.6 Å². The Kier molecular flexibility index (Phi) is 2.92. The molecule has 0 aromatic carbocycles. The van der Waals surface area contributed by atoms with E-state index in [-0.39, 0.29) is 6.10 Å². The van der Waals surface area contributed by atoms with Crippen molar-refractivity contribution < 1.29 is 5.11 Å². The third-order valence-electron chi connectivity index (χ3n) is 3.92. The third kappa shape index (κ3) is 1.85. The summed E-state index contributed by atoms with van der Waals surface area (Å²) < 4.78 is 2.28. The Morgan fingerprint density at radius 2 is 2.11 bits per heavy atom. The average molecular weight is 242 g/mol. The quantitative estimate of drug-likeness (QED) is 0.879. The molecule has 0 saturated carbocycles. The number of aliphatic hydroxyl groups excluding tert-OH is 1. The lowest BCUT2D eigenvalue weighted by Gasteiger charge is -2.23. The van der Waals surface area contributed by atoms with Crippen molar-refractivity contribution in [1.82, 2.24) is 9.55 Å². The molecule has 0 aliphatic heterocycles. The Morgan fingerprint density at radius 1 is 1.33 bits per heavy atom. The largest absolute Gasteiger partial charge is 0.388 e. The lowest BCUT2D eigenvalue weighted by molar-refractivity contribution is 0.155. The van der Waals surface area contributed by atoms with Gasteiger partial charge in [0.05, 0.1) is 12.1 Å². The van der Waals surface area contributed by atoms with Gasteiger partial charge in [0.15, 0.2) is 0 Å². The predicted molar refractivity (Wildman–Crippen MR) is 70.4 cm³/mol. The summed E-state index contributed by atoms with van der Waals surface area (Å²) in [4.78, 5) is 4.06. The first-order valence-corrected chi connectivity index (χ1v) is 6.55. The smallest absolute Gasteiger partial charge is 0.0807 e. The van der Waals surface area contributed by atoms with Crippen molar-refractivity contribution >= 4 is 0 Å². The van der Waals surface area contributed by atoms with Gasteiger partial charge in [0.1, 0.15) is 0 Å². The highest BCUT2D eigenvalue weighted by Gasteiger charge is 2.23. The molecule has 94 valence electrons. The predicted octanol–water partition coefficient (Wildman–Crippen LogP) is 2.86. The van der Waals surface area contributed by atoms with Crippen LogP contribution in [0.5, 0.6) is 0 Å². The van der Waals surface area contributed by atoms with E-state index in [4.69, 9.17) is 0 Å². The summed E-state index contributed by atoms with van der Waals surface area (Å²) in [5.74, 6) is 0. The lowest BCUT2D eigenvalue weighted by Crippen LogP contribution is -2.15. The maximum absolute atomic E-state index is 10.0. The number of rotatable bonds is 2. The summed E-state index contributed by atoms with van der Waals surface area (Å²) in [6.07, 6.45) is 8.51. The average Bonchev–Trinajstić information content (AvgIpc) is 2.84. The molecule has 0 amide bonds. The van der Waals surface area contributed by atoms with Crippen LogP contribution in [0.3, 0.4) is 0 Å². The van der Waals surface area contributed by atoms with Gasteiger partial charge in [-0.3, -0.25) is 4.98 Å². The van der Waals surface area contributed by atoms with Gasteiger partial charge >= 0.3 is 0 Å². The van der Waals surface area contributed by atoms with Crippen LogP contribution in [0.1, 0.15) is 48.7 Å². The standard InChI is InChI=1S/C15H18N2O/c1-11(12-5-8-16-9-6-12)17-10-7-13-14(17)3-2-4-15(13)18/h5-11,15,18H,2-4H2,1H3. The van der Waals surface area contributed by atoms with Gasteiger partial charge in [-0.2, -0.15) is 0 Å². The fourth-order valence-corrected chi connectivity index (χ4v) is 2.86. The molecule has 0 spiro atoms. The Balaban J connectivity index is 1.98. The minimum absolute atomic E-state index is 0.278. The molecule has 0 radical (unpaired) electrons. The third-order valence-corrected chi connectivity index (χ3v) is 3.92. The second kappa shape index (κ2) is 4.58. The molecular weight excluding hydrogens is 224 g/mol. The molecule has 2 unspecified atom stereocenters. The molecule has 1 aliphatic rings. The molecule has 1 N–H and O–H groups in total. The van der Waals surface area contributed by atoms with Crippen LogP contribution in [-0.4, -0.2) is 14.7 Å². The zero-order valence-corrected chi connectivity index (χ0v) is 10.6. The minimum Gasteiger partial charge on any atom is -0.388 e. The highest BCUT2D eigenvalue weighted by molar-refractivity contribution is 5.30. The number of aromatic nitrogens is 2. The van der Waals surface area contributed by atoms with E-state index in [9.17, 15) is 5.11 Å². The number of hydrogen-bond donors (Lipinski definition) is 1. The van der Waals surface area contributed by atoms with Crippen LogP contribution < -0.4 is 0 Å². The van der Waals surface area contributed by atoms with Crippen molar-refractivity contribution in [3.8, 4) is 0 Å². The van der Waals surface area contributed by atoms with Gasteiger partial charge in [-0.1, -0.05) is 0 Å². The molecule has 1 aliphatic carbocycles. The molecule has 2 atom stereocenters. The highest BCUT2D eigenvalue weighted by Crippen LogP contribution is 2.33. The van der Waals surface area contributed by atoms with Gasteiger partial charge in [-0.25, -0.2) is 0 Å². The number of fused-ring (bicyclic) bond motifs is 1. The van der Waals surface area contributed by atoms with E-state index in [1.54, 1.807) is 0 Å². The summed E-state index contributed by atoms with van der Waals surface area (Å²) in [6.45, 7) is 2.19. The molecule has 0 fully saturated rings. The molecule has 3 nitrogen and oxygen atoms in total. The van der Waals surface area contributed by atoms with Crippen molar-refractivity contribution in [2.45, 2.75) is 38.3 Å². The van der Waals surface area contributed by atoms with E-state index in [0.29, 0.717) is 6.04 Å². The van der Waals surface area contributed by atoms with Crippen LogP contribution in [0.15, 0.2) is 36.8 Å². The van der Waals surface area contributed by atoms with Gasteiger partial charge in [0.2, 0.25) is 0 Å². The van der Waals surface area contributed by atoms with Crippen LogP contribution in [0, 0.1) is 0 Å². The first-order valence-electron chi connectivity index (χ1n) is 6.55. The molecule has 3 rings (SSSR count). The molecular formula is C15H18N2O. The van der Waals surface area contributed by atoms with Gasteiger partial charge in [-0.15, -0.1) is 0 Å². The second-order valence-corrected chi connectivity index (χ2v) is 4.99. The number of pyridine rings is 1. The second-order valence-electron chi connectivity index (χ2n) is 4.99. The molecule has 18 heavy (non-hydrogen) atoms. The van der Waals surface area contributed by atoms with Gasteiger partial charge in [-0.05, 0) is 49.9 Å². The van der Waals surface area contributed by atoms with Crippen molar-refractivity contribution in [2.75, 3.05) is 0 Å². The van der Waals surface area contributed by atoms with Gasteiger partial charge < -0.3 is 9.67 Å². The van der Waals surface area contributed by atoms with E-state index in [1.807, 2.05) is 12.4 Å². The van der Waals surface area contributed by atoms with E-state index in [2.05, 4.69) is 40.9 Å².